The highest BCUT2D eigenvalue weighted by atomic mass is 31.2. The number of nitrogens with two attached hydrogens (primary N) is 1. The molecule has 9 heteroatoms. The van der Waals surface area contributed by atoms with Crippen molar-refractivity contribution in [3.8, 4) is 0 Å². The molecule has 0 aliphatic heterocycles. The average molecular weight is 502 g/mol. The van der Waals surface area contributed by atoms with E-state index in [2.05, 4.69) is 64.6 Å². The summed E-state index contributed by atoms with van der Waals surface area (Å²) in [5.74, 6) is -0.412. The number of hydrogen-bond acceptors (Lipinski definition) is 7. The van der Waals surface area contributed by atoms with Crippen LogP contribution in [-0.4, -0.2) is 48.4 Å². The minimum atomic E-state index is -4.25. The van der Waals surface area contributed by atoms with Crippen molar-refractivity contribution in [1.29, 1.82) is 0 Å². The predicted octanol–water partition coefficient (Wildman–Crippen LogP) is 5.13. The van der Waals surface area contributed by atoms with Crippen LogP contribution in [0.15, 0.2) is 48.6 Å². The van der Waals surface area contributed by atoms with E-state index in [1.807, 2.05) is 0 Å². The number of esters is 1. The third kappa shape index (κ3) is 23.6. The topological polar surface area (TPSA) is 128 Å². The van der Waals surface area contributed by atoms with Crippen LogP contribution in [0.1, 0.15) is 71.1 Å². The van der Waals surface area contributed by atoms with E-state index in [1.165, 1.54) is 0 Å². The van der Waals surface area contributed by atoms with E-state index < -0.39 is 26.5 Å². The molecule has 0 aromatic carbocycles. The van der Waals surface area contributed by atoms with Gasteiger partial charge in [-0.25, -0.2) is 4.57 Å². The Bertz CT molecular complexity index is 662. The Labute approximate surface area is 205 Å². The molecule has 0 amide bonds. The molecular formula is C25H44NO7P. The molecule has 0 aliphatic rings. The summed E-state index contributed by atoms with van der Waals surface area (Å²) in [5.41, 5.74) is 5.17. The maximum atomic E-state index is 11.7. The van der Waals surface area contributed by atoms with Crippen LogP contribution < -0.4 is 5.73 Å². The summed E-state index contributed by atoms with van der Waals surface area (Å²) in [5, 5.41) is 9.68. The van der Waals surface area contributed by atoms with Crippen molar-refractivity contribution < 1.29 is 33.1 Å². The molecule has 0 fully saturated rings. The normalized spacial score (nSPS) is 15.1. The van der Waals surface area contributed by atoms with Crippen LogP contribution in [0.2, 0.25) is 0 Å². The van der Waals surface area contributed by atoms with Crippen LogP contribution in [0.25, 0.3) is 0 Å². The summed E-state index contributed by atoms with van der Waals surface area (Å²) in [6.07, 6.45) is 25.3. The Morgan fingerprint density at radius 2 is 1.47 bits per heavy atom. The number of hydrogen-bond donors (Lipinski definition) is 3. The number of ether oxygens (including phenoxy) is 1. The molecule has 4 N–H and O–H groups in total. The minimum Gasteiger partial charge on any atom is -0.463 e. The molecule has 0 saturated carbocycles. The molecule has 0 bridgehead atoms. The maximum absolute atomic E-state index is 11.7. The number of carbonyl (C=O) groups is 1. The van der Waals surface area contributed by atoms with Crippen molar-refractivity contribution in [2.45, 2.75) is 77.2 Å². The summed E-state index contributed by atoms with van der Waals surface area (Å²) >= 11 is 0. The average Bonchev–Trinajstić information content (AvgIpc) is 2.82. The van der Waals surface area contributed by atoms with Crippen LogP contribution in [0.5, 0.6) is 0 Å². The van der Waals surface area contributed by atoms with Gasteiger partial charge in [-0.3, -0.25) is 13.8 Å². The fourth-order valence-electron chi connectivity index (χ4n) is 2.68. The van der Waals surface area contributed by atoms with Gasteiger partial charge in [-0.15, -0.1) is 0 Å². The smallest absolute Gasteiger partial charge is 0.463 e. The Kier molecular flexibility index (Phi) is 22.2. The number of carbonyl (C=O) groups excluding carboxylic acids is 1. The molecule has 2 atom stereocenters. The largest absolute Gasteiger partial charge is 0.472 e. The number of aliphatic hydroxyl groups excluding tert-OH is 1. The zero-order valence-corrected chi connectivity index (χ0v) is 21.5. The predicted molar refractivity (Wildman–Crippen MR) is 136 cm³/mol. The molecule has 0 rings (SSSR count). The van der Waals surface area contributed by atoms with Gasteiger partial charge in [0.05, 0.1) is 13.2 Å². The minimum absolute atomic E-state index is 0.0680. The van der Waals surface area contributed by atoms with Crippen LogP contribution in [0, 0.1) is 0 Å². The fraction of sp³-hybridized carbons (Fsp3) is 0.640. The molecule has 8 nitrogen and oxygen atoms in total. The molecule has 0 aromatic rings. The van der Waals surface area contributed by atoms with E-state index in [0.29, 0.717) is 0 Å². The molecule has 2 unspecified atom stereocenters. The third-order valence-electron chi connectivity index (χ3n) is 4.46. The van der Waals surface area contributed by atoms with Crippen LogP contribution >= 0.6 is 7.82 Å². The van der Waals surface area contributed by atoms with Gasteiger partial charge in [0.1, 0.15) is 12.7 Å². The van der Waals surface area contributed by atoms with Crippen molar-refractivity contribution in [3.63, 3.8) is 0 Å². The van der Waals surface area contributed by atoms with Crippen molar-refractivity contribution in [1.82, 2.24) is 0 Å². The molecule has 0 heterocycles. The van der Waals surface area contributed by atoms with Gasteiger partial charge in [-0.1, -0.05) is 68.4 Å². The summed E-state index contributed by atoms with van der Waals surface area (Å²) in [4.78, 5) is 21.0. The molecule has 0 aliphatic carbocycles. The number of rotatable bonds is 22. The lowest BCUT2D eigenvalue weighted by molar-refractivity contribution is -0.147. The van der Waals surface area contributed by atoms with E-state index in [4.69, 9.17) is 10.5 Å². The molecule has 0 aromatic heterocycles. The first-order chi connectivity index (χ1) is 16.4. The lowest BCUT2D eigenvalue weighted by atomic mass is 10.1. The third-order valence-corrected chi connectivity index (χ3v) is 5.44. The number of phosphoric ester groups is 1. The molecule has 0 saturated heterocycles. The second-order valence-corrected chi connectivity index (χ2v) is 9.13. The standard InChI is InChI=1S/C25H44NO7P/c1-2-3-4-5-6-7-8-9-10-11-12-13-14-15-16-17-18-19-25(28)31-22-24(27)23-33-34(29,30)32-21-20-26/h3-4,6-7,9-10,12-13,24,27H,2,5,8,11,14-23,26H2,1H3,(H,29,30)/b4-3-,7-6-,10-9-,13-12-. The van der Waals surface area contributed by atoms with Gasteiger partial charge < -0.3 is 20.5 Å². The molecular weight excluding hydrogens is 457 g/mol. The lowest BCUT2D eigenvalue weighted by Crippen LogP contribution is -2.23. The SMILES string of the molecule is CC/C=C\C/C=C\C/C=C\C/C=C\CCCCCCC(=O)OCC(O)COP(=O)(O)OCCN. The van der Waals surface area contributed by atoms with Gasteiger partial charge in [-0.05, 0) is 44.9 Å². The highest BCUT2D eigenvalue weighted by molar-refractivity contribution is 7.47. The highest BCUT2D eigenvalue weighted by Gasteiger charge is 2.22. The van der Waals surface area contributed by atoms with Gasteiger partial charge in [0.2, 0.25) is 0 Å². The van der Waals surface area contributed by atoms with Crippen molar-refractivity contribution in [3.05, 3.63) is 48.6 Å². The zero-order chi connectivity index (χ0) is 25.3. The number of allylic oxidation sites excluding steroid dienone is 8. The van der Waals surface area contributed by atoms with Gasteiger partial charge >= 0.3 is 13.8 Å². The second-order valence-electron chi connectivity index (χ2n) is 7.68. The number of unbranched alkanes of at least 4 members (excludes halogenated alkanes) is 4. The van der Waals surface area contributed by atoms with E-state index >= 15 is 0 Å². The van der Waals surface area contributed by atoms with E-state index in [1.54, 1.807) is 0 Å². The van der Waals surface area contributed by atoms with Gasteiger partial charge in [0.25, 0.3) is 0 Å². The molecule has 0 spiro atoms. The fourth-order valence-corrected chi connectivity index (χ4v) is 3.45. The molecule has 196 valence electrons. The van der Waals surface area contributed by atoms with E-state index in [-0.39, 0.29) is 26.2 Å². The van der Waals surface area contributed by atoms with Gasteiger partial charge in [0, 0.05) is 13.0 Å². The lowest BCUT2D eigenvalue weighted by Gasteiger charge is -2.15. The summed E-state index contributed by atoms with van der Waals surface area (Å²) < 4.78 is 25.5. The first-order valence-electron chi connectivity index (χ1n) is 12.2. The number of aliphatic hydroxyl groups is 1. The van der Waals surface area contributed by atoms with Gasteiger partial charge in [0.15, 0.2) is 0 Å². The monoisotopic (exact) mass is 501 g/mol. The maximum Gasteiger partial charge on any atom is 0.472 e. The Balaban J connectivity index is 3.60. The summed E-state index contributed by atoms with van der Waals surface area (Å²) in [7, 11) is -4.25. The number of phosphoric acid groups is 1. The van der Waals surface area contributed by atoms with Crippen molar-refractivity contribution in [2.75, 3.05) is 26.4 Å². The quantitative estimate of drug-likeness (QED) is 0.0806. The zero-order valence-electron chi connectivity index (χ0n) is 20.6. The van der Waals surface area contributed by atoms with Crippen molar-refractivity contribution in [2.24, 2.45) is 5.73 Å². The summed E-state index contributed by atoms with van der Waals surface area (Å²) in [6.45, 7) is 1.28. The highest BCUT2D eigenvalue weighted by Crippen LogP contribution is 2.42. The Hall–Kier alpha value is -1.54. The first-order valence-corrected chi connectivity index (χ1v) is 13.7. The molecule has 0 radical (unpaired) electrons. The van der Waals surface area contributed by atoms with Crippen LogP contribution in [-0.2, 0) is 23.1 Å². The first kappa shape index (κ1) is 32.5. The Morgan fingerprint density at radius 3 is 2.09 bits per heavy atom. The summed E-state index contributed by atoms with van der Waals surface area (Å²) in [6, 6.07) is 0. The second kappa shape index (κ2) is 23.2. The van der Waals surface area contributed by atoms with E-state index in [0.717, 1.165) is 57.8 Å². The molecule has 34 heavy (non-hydrogen) atoms. The Morgan fingerprint density at radius 1 is 0.882 bits per heavy atom. The van der Waals surface area contributed by atoms with Crippen LogP contribution in [0.4, 0.5) is 0 Å². The van der Waals surface area contributed by atoms with Crippen LogP contribution in [0.3, 0.4) is 0 Å². The van der Waals surface area contributed by atoms with E-state index in [9.17, 15) is 19.4 Å². The van der Waals surface area contributed by atoms with Gasteiger partial charge in [-0.2, -0.15) is 0 Å². The van der Waals surface area contributed by atoms with Crippen molar-refractivity contribution >= 4 is 13.8 Å².